The Hall–Kier alpha value is -1.00. The van der Waals surface area contributed by atoms with Gasteiger partial charge in [0.25, 0.3) is 0 Å². The second-order valence-corrected chi connectivity index (χ2v) is 5.96. The molecule has 3 N–H and O–H groups in total. The van der Waals surface area contributed by atoms with Gasteiger partial charge in [-0.2, -0.15) is 0 Å². The van der Waals surface area contributed by atoms with Gasteiger partial charge in [-0.3, -0.25) is 4.79 Å². The average Bonchev–Trinajstić information content (AvgIpc) is 2.63. The van der Waals surface area contributed by atoms with Crippen LogP contribution >= 0.6 is 11.8 Å². The first-order valence-corrected chi connectivity index (χ1v) is 6.66. The molecule has 4 heteroatoms. The molecule has 0 heterocycles. The minimum Gasteiger partial charge on any atom is -0.481 e. The Morgan fingerprint density at radius 2 is 2.00 bits per heavy atom. The van der Waals surface area contributed by atoms with Crippen molar-refractivity contribution in [2.24, 2.45) is 11.7 Å². The van der Waals surface area contributed by atoms with Crippen LogP contribution in [0.2, 0.25) is 0 Å². The fourth-order valence-electron chi connectivity index (χ4n) is 2.22. The van der Waals surface area contributed by atoms with E-state index in [9.17, 15) is 4.79 Å². The number of aliphatic carboxylic acids is 1. The Morgan fingerprint density at radius 3 is 2.59 bits per heavy atom. The van der Waals surface area contributed by atoms with Crippen LogP contribution in [0, 0.1) is 12.8 Å². The van der Waals surface area contributed by atoms with Gasteiger partial charge in [-0.1, -0.05) is 17.7 Å². The molecule has 1 aromatic rings. The van der Waals surface area contributed by atoms with E-state index in [2.05, 4.69) is 0 Å². The molecule has 2 rings (SSSR count). The molecule has 0 saturated heterocycles. The molecule has 0 amide bonds. The molecular weight excluding hydrogens is 234 g/mol. The first-order valence-electron chi connectivity index (χ1n) is 5.78. The summed E-state index contributed by atoms with van der Waals surface area (Å²) in [6.45, 7) is 2.04. The standard InChI is InChI=1S/C13H17NO2S/c1-8-2-4-10(5-3-8)17-12-7-9(14)6-11(12)13(15)16/h2-5,9,11-12H,6-7,14H2,1H3,(H,15,16). The van der Waals surface area contributed by atoms with Crippen molar-refractivity contribution in [3.63, 3.8) is 0 Å². The van der Waals surface area contributed by atoms with E-state index >= 15 is 0 Å². The number of carbonyl (C=O) groups is 1. The van der Waals surface area contributed by atoms with E-state index in [1.54, 1.807) is 11.8 Å². The van der Waals surface area contributed by atoms with Gasteiger partial charge in [-0.05, 0) is 31.9 Å². The molecule has 92 valence electrons. The predicted molar refractivity (Wildman–Crippen MR) is 69.2 cm³/mol. The van der Waals surface area contributed by atoms with E-state index in [-0.39, 0.29) is 17.2 Å². The lowest BCUT2D eigenvalue weighted by molar-refractivity contribution is -0.141. The van der Waals surface area contributed by atoms with Gasteiger partial charge in [0.2, 0.25) is 0 Å². The van der Waals surface area contributed by atoms with Crippen LogP contribution in [-0.4, -0.2) is 22.4 Å². The molecule has 1 aliphatic carbocycles. The maximum Gasteiger partial charge on any atom is 0.307 e. The third kappa shape index (κ3) is 3.01. The van der Waals surface area contributed by atoms with Crippen LogP contribution in [0.1, 0.15) is 18.4 Å². The van der Waals surface area contributed by atoms with Crippen molar-refractivity contribution in [1.82, 2.24) is 0 Å². The minimum atomic E-state index is -0.720. The van der Waals surface area contributed by atoms with Gasteiger partial charge in [-0.25, -0.2) is 0 Å². The highest BCUT2D eigenvalue weighted by Gasteiger charge is 2.37. The lowest BCUT2D eigenvalue weighted by atomic mass is 10.1. The molecule has 0 aliphatic heterocycles. The lowest BCUT2D eigenvalue weighted by Crippen LogP contribution is -2.20. The number of rotatable bonds is 3. The molecule has 3 unspecified atom stereocenters. The molecule has 0 bridgehead atoms. The number of nitrogens with two attached hydrogens (primary N) is 1. The lowest BCUT2D eigenvalue weighted by Gasteiger charge is -2.14. The largest absolute Gasteiger partial charge is 0.481 e. The van der Waals surface area contributed by atoms with E-state index in [4.69, 9.17) is 10.8 Å². The van der Waals surface area contributed by atoms with E-state index in [1.165, 1.54) is 5.56 Å². The Kier molecular flexibility index (Phi) is 3.74. The van der Waals surface area contributed by atoms with E-state index < -0.39 is 5.97 Å². The Balaban J connectivity index is 2.07. The van der Waals surface area contributed by atoms with E-state index in [1.807, 2.05) is 31.2 Å². The molecule has 1 fully saturated rings. The van der Waals surface area contributed by atoms with Crippen molar-refractivity contribution in [2.45, 2.75) is 36.0 Å². The number of hydrogen-bond donors (Lipinski definition) is 2. The van der Waals surface area contributed by atoms with Crippen molar-refractivity contribution >= 4 is 17.7 Å². The summed E-state index contributed by atoms with van der Waals surface area (Å²) < 4.78 is 0. The number of benzene rings is 1. The third-order valence-corrected chi connectivity index (χ3v) is 4.53. The average molecular weight is 251 g/mol. The molecule has 1 aromatic carbocycles. The Labute approximate surface area is 105 Å². The third-order valence-electron chi connectivity index (χ3n) is 3.17. The second-order valence-electron chi connectivity index (χ2n) is 4.65. The number of carboxylic acids is 1. The SMILES string of the molecule is Cc1ccc(SC2CC(N)CC2C(=O)O)cc1. The second kappa shape index (κ2) is 5.10. The number of thioether (sulfide) groups is 1. The fourth-order valence-corrected chi connectivity index (χ4v) is 3.60. The van der Waals surface area contributed by atoms with Crippen LogP contribution < -0.4 is 5.73 Å². The van der Waals surface area contributed by atoms with Crippen molar-refractivity contribution < 1.29 is 9.90 Å². The van der Waals surface area contributed by atoms with Gasteiger partial charge in [0.05, 0.1) is 5.92 Å². The van der Waals surface area contributed by atoms with Gasteiger partial charge in [0.15, 0.2) is 0 Å². The van der Waals surface area contributed by atoms with Crippen molar-refractivity contribution in [1.29, 1.82) is 0 Å². The summed E-state index contributed by atoms with van der Waals surface area (Å²) in [5.41, 5.74) is 7.07. The molecule has 0 spiro atoms. The van der Waals surface area contributed by atoms with Crippen molar-refractivity contribution in [3.8, 4) is 0 Å². The quantitative estimate of drug-likeness (QED) is 0.865. The van der Waals surface area contributed by atoms with Crippen LogP contribution in [-0.2, 0) is 4.79 Å². The molecular formula is C13H17NO2S. The van der Waals surface area contributed by atoms with Crippen molar-refractivity contribution in [2.75, 3.05) is 0 Å². The Bertz CT molecular complexity index is 404. The molecule has 3 atom stereocenters. The zero-order valence-corrected chi connectivity index (χ0v) is 10.6. The summed E-state index contributed by atoms with van der Waals surface area (Å²) >= 11 is 1.64. The molecule has 1 aliphatic rings. The molecule has 3 nitrogen and oxygen atoms in total. The van der Waals surface area contributed by atoms with Crippen LogP contribution in [0.3, 0.4) is 0 Å². The van der Waals surface area contributed by atoms with Crippen molar-refractivity contribution in [3.05, 3.63) is 29.8 Å². The highest BCUT2D eigenvalue weighted by atomic mass is 32.2. The van der Waals surface area contributed by atoms with E-state index in [0.717, 1.165) is 11.3 Å². The molecule has 0 radical (unpaired) electrons. The van der Waals surface area contributed by atoms with E-state index in [0.29, 0.717) is 6.42 Å². The molecule has 1 saturated carbocycles. The van der Waals surface area contributed by atoms with Gasteiger partial charge < -0.3 is 10.8 Å². The van der Waals surface area contributed by atoms with Gasteiger partial charge in [0.1, 0.15) is 0 Å². The molecule has 17 heavy (non-hydrogen) atoms. The highest BCUT2D eigenvalue weighted by Crippen LogP contribution is 2.38. The number of aryl methyl sites for hydroxylation is 1. The predicted octanol–water partition coefficient (Wildman–Crippen LogP) is 2.28. The monoisotopic (exact) mass is 251 g/mol. The normalized spacial score (nSPS) is 28.2. The Morgan fingerprint density at radius 1 is 1.35 bits per heavy atom. The minimum absolute atomic E-state index is 0.0269. The summed E-state index contributed by atoms with van der Waals surface area (Å²) in [7, 11) is 0. The van der Waals surface area contributed by atoms with Gasteiger partial charge in [0, 0.05) is 16.2 Å². The molecule has 0 aromatic heterocycles. The maximum absolute atomic E-state index is 11.1. The first kappa shape index (κ1) is 12.5. The van der Waals surface area contributed by atoms with Crippen LogP contribution in [0.25, 0.3) is 0 Å². The zero-order valence-electron chi connectivity index (χ0n) is 9.80. The van der Waals surface area contributed by atoms with Gasteiger partial charge >= 0.3 is 5.97 Å². The van der Waals surface area contributed by atoms with Crippen LogP contribution in [0.4, 0.5) is 0 Å². The zero-order chi connectivity index (χ0) is 12.4. The summed E-state index contributed by atoms with van der Waals surface area (Å²) in [5, 5.41) is 9.26. The highest BCUT2D eigenvalue weighted by molar-refractivity contribution is 8.00. The van der Waals surface area contributed by atoms with Gasteiger partial charge in [-0.15, -0.1) is 11.8 Å². The van der Waals surface area contributed by atoms with Crippen LogP contribution in [0.5, 0.6) is 0 Å². The smallest absolute Gasteiger partial charge is 0.307 e. The summed E-state index contributed by atoms with van der Waals surface area (Å²) in [6.07, 6.45) is 1.38. The number of carboxylic acid groups (broad SMARTS) is 1. The fraction of sp³-hybridized carbons (Fsp3) is 0.462. The number of hydrogen-bond acceptors (Lipinski definition) is 3. The summed E-state index contributed by atoms with van der Waals surface area (Å²) in [5.74, 6) is -1.03. The topological polar surface area (TPSA) is 63.3 Å². The van der Waals surface area contributed by atoms with Crippen LogP contribution in [0.15, 0.2) is 29.2 Å². The summed E-state index contributed by atoms with van der Waals surface area (Å²) in [6, 6.07) is 8.21. The summed E-state index contributed by atoms with van der Waals surface area (Å²) in [4.78, 5) is 12.3. The maximum atomic E-state index is 11.1. The first-order chi connectivity index (χ1) is 8.06.